The number of nitrogens with zero attached hydrogens (tertiary/aromatic N) is 2. The number of hydrogen-bond acceptors (Lipinski definition) is 4. The molecule has 4 rings (SSSR count). The van der Waals surface area contributed by atoms with E-state index in [9.17, 15) is 0 Å². The highest BCUT2D eigenvalue weighted by molar-refractivity contribution is 9.10. The highest BCUT2D eigenvalue weighted by atomic mass is 79.9. The zero-order chi connectivity index (χ0) is 15.8. The predicted octanol–water partition coefficient (Wildman–Crippen LogP) is 3.43. The predicted molar refractivity (Wildman–Crippen MR) is 91.3 cm³/mol. The topological polar surface area (TPSA) is 66.2 Å². The van der Waals surface area contributed by atoms with Gasteiger partial charge in [0.05, 0.1) is 0 Å². The monoisotopic (exact) mass is 362 g/mol. The fourth-order valence-corrected chi connectivity index (χ4v) is 2.02. The lowest BCUT2D eigenvalue weighted by atomic mass is 9.84. The summed E-state index contributed by atoms with van der Waals surface area (Å²) in [5.41, 5.74) is 1.46. The first kappa shape index (κ1) is 17.1. The smallest absolute Gasteiger partial charge is 0.427 e. The maximum atomic E-state index is 8.25. The number of hydrogen-bond donors (Lipinski definition) is 2. The average molecular weight is 363 g/mol. The summed E-state index contributed by atoms with van der Waals surface area (Å²) in [6.45, 7) is 0. The molecule has 22 heavy (non-hydrogen) atoms. The van der Waals surface area contributed by atoms with Gasteiger partial charge < -0.3 is 10.0 Å². The van der Waals surface area contributed by atoms with Crippen LogP contribution in [0.25, 0.3) is 0 Å². The van der Waals surface area contributed by atoms with Crippen LogP contribution >= 0.6 is 15.9 Å². The molecule has 2 fully saturated rings. The number of rotatable bonds is 2. The summed E-state index contributed by atoms with van der Waals surface area (Å²) in [6, 6.07) is 8.00. The van der Waals surface area contributed by atoms with Crippen LogP contribution < -0.4 is 0 Å². The van der Waals surface area contributed by atoms with Crippen LogP contribution in [-0.2, 0) is 0 Å². The SMILES string of the molecule is Brc1ccncc1.OB(O)C1CC1.c1cc(C2CC2)ccn1. The van der Waals surface area contributed by atoms with E-state index >= 15 is 0 Å². The molecule has 0 spiro atoms. The van der Waals surface area contributed by atoms with Gasteiger partial charge in [-0.15, -0.1) is 0 Å². The minimum atomic E-state index is -1.04. The molecule has 116 valence electrons. The first-order chi connectivity index (χ1) is 10.7. The third-order valence-corrected chi connectivity index (χ3v) is 3.97. The van der Waals surface area contributed by atoms with Crippen molar-refractivity contribution in [2.45, 2.75) is 37.4 Å². The Kier molecular flexibility index (Phi) is 7.03. The van der Waals surface area contributed by atoms with E-state index in [0.29, 0.717) is 0 Å². The summed E-state index contributed by atoms with van der Waals surface area (Å²) in [7, 11) is -1.04. The van der Waals surface area contributed by atoms with Crippen LogP contribution in [0.5, 0.6) is 0 Å². The van der Waals surface area contributed by atoms with Crippen molar-refractivity contribution in [1.29, 1.82) is 0 Å². The van der Waals surface area contributed by atoms with Gasteiger partial charge in [-0.2, -0.15) is 0 Å². The van der Waals surface area contributed by atoms with Gasteiger partial charge in [0, 0.05) is 29.3 Å². The first-order valence-corrected chi connectivity index (χ1v) is 8.27. The minimum absolute atomic E-state index is 0.213. The molecule has 0 bridgehead atoms. The summed E-state index contributed by atoms with van der Waals surface area (Å²) in [5.74, 6) is 1.08. The third kappa shape index (κ3) is 7.16. The van der Waals surface area contributed by atoms with Crippen molar-refractivity contribution in [1.82, 2.24) is 9.97 Å². The van der Waals surface area contributed by atoms with Crippen molar-refractivity contribution in [3.8, 4) is 0 Å². The molecule has 2 heterocycles. The van der Waals surface area contributed by atoms with Crippen LogP contribution in [0.4, 0.5) is 0 Å². The van der Waals surface area contributed by atoms with E-state index in [-0.39, 0.29) is 5.82 Å². The molecule has 0 aromatic carbocycles. The molecule has 0 unspecified atom stereocenters. The molecule has 0 radical (unpaired) electrons. The number of pyridine rings is 2. The van der Waals surface area contributed by atoms with E-state index in [1.807, 2.05) is 24.5 Å². The molecule has 4 nitrogen and oxygen atoms in total. The second-order valence-corrected chi connectivity index (χ2v) is 6.39. The van der Waals surface area contributed by atoms with Gasteiger partial charge in [0.15, 0.2) is 0 Å². The zero-order valence-electron chi connectivity index (χ0n) is 12.3. The van der Waals surface area contributed by atoms with E-state index in [0.717, 1.165) is 23.2 Å². The minimum Gasteiger partial charge on any atom is -0.427 e. The fourth-order valence-electron chi connectivity index (χ4n) is 1.78. The van der Waals surface area contributed by atoms with E-state index in [1.54, 1.807) is 12.4 Å². The van der Waals surface area contributed by atoms with Gasteiger partial charge in [-0.1, -0.05) is 28.8 Å². The molecule has 0 amide bonds. The molecule has 2 saturated carbocycles. The van der Waals surface area contributed by atoms with Gasteiger partial charge in [-0.25, -0.2) is 0 Å². The number of aromatic nitrogens is 2. The van der Waals surface area contributed by atoms with Crippen molar-refractivity contribution < 1.29 is 10.0 Å². The van der Waals surface area contributed by atoms with Gasteiger partial charge in [-0.05, 0) is 54.4 Å². The molecular weight excluding hydrogens is 343 g/mol. The average Bonchev–Trinajstić information content (AvgIpc) is 3.43. The second kappa shape index (κ2) is 9.03. The van der Waals surface area contributed by atoms with Crippen LogP contribution in [-0.4, -0.2) is 27.1 Å². The molecule has 2 aromatic rings. The maximum Gasteiger partial charge on any atom is 0.454 e. The van der Waals surface area contributed by atoms with E-state index < -0.39 is 7.12 Å². The van der Waals surface area contributed by atoms with Gasteiger partial charge in [-0.3, -0.25) is 9.97 Å². The Morgan fingerprint density at radius 2 is 1.36 bits per heavy atom. The summed E-state index contributed by atoms with van der Waals surface area (Å²) in [4.78, 5) is 7.77. The molecular formula is C16H20BBrN2O2. The van der Waals surface area contributed by atoms with E-state index in [1.165, 1.54) is 18.4 Å². The first-order valence-electron chi connectivity index (χ1n) is 7.48. The van der Waals surface area contributed by atoms with Crippen LogP contribution in [0.15, 0.2) is 53.5 Å². The molecule has 0 aliphatic heterocycles. The molecule has 0 saturated heterocycles. The quantitative estimate of drug-likeness (QED) is 0.803. The third-order valence-electron chi connectivity index (χ3n) is 3.44. The van der Waals surface area contributed by atoms with Crippen molar-refractivity contribution in [2.24, 2.45) is 0 Å². The zero-order valence-corrected chi connectivity index (χ0v) is 13.9. The Hall–Kier alpha value is -1.24. The van der Waals surface area contributed by atoms with Crippen LogP contribution in [0, 0.1) is 0 Å². The van der Waals surface area contributed by atoms with E-state index in [4.69, 9.17) is 10.0 Å². The standard InChI is InChI=1S/C8H9N.C5H4BrN.C3H7BO2/c1-2-7(1)8-3-5-9-6-4-8;6-5-1-3-7-4-2-5;5-4(6)3-1-2-3/h3-7H,1-2H2;1-4H;3,5-6H,1-2H2. The molecule has 2 aliphatic rings. The Morgan fingerprint density at radius 1 is 0.864 bits per heavy atom. The maximum absolute atomic E-state index is 8.25. The molecule has 2 N–H and O–H groups in total. The van der Waals surface area contributed by atoms with E-state index in [2.05, 4.69) is 38.0 Å². The number of halogens is 1. The van der Waals surface area contributed by atoms with Crippen molar-refractivity contribution >= 4 is 23.0 Å². The molecule has 2 aromatic heterocycles. The Bertz CT molecular complexity index is 534. The highest BCUT2D eigenvalue weighted by Gasteiger charge is 2.33. The molecule has 0 atom stereocenters. The second-order valence-electron chi connectivity index (χ2n) is 5.47. The van der Waals surface area contributed by atoms with Gasteiger partial charge >= 0.3 is 7.12 Å². The summed E-state index contributed by atoms with van der Waals surface area (Å²) < 4.78 is 1.07. The largest absolute Gasteiger partial charge is 0.454 e. The van der Waals surface area contributed by atoms with Crippen molar-refractivity contribution in [3.05, 3.63) is 59.1 Å². The van der Waals surface area contributed by atoms with Crippen molar-refractivity contribution in [2.75, 3.05) is 0 Å². The summed E-state index contributed by atoms with van der Waals surface area (Å²) in [6.07, 6.45) is 12.0. The Balaban J connectivity index is 0.000000124. The highest BCUT2D eigenvalue weighted by Crippen LogP contribution is 2.39. The lowest BCUT2D eigenvalue weighted by Gasteiger charge is -1.91. The normalized spacial score (nSPS) is 15.8. The lowest BCUT2D eigenvalue weighted by Crippen LogP contribution is -2.09. The summed E-state index contributed by atoms with van der Waals surface area (Å²) in [5, 5.41) is 16.5. The molecule has 6 heteroatoms. The lowest BCUT2D eigenvalue weighted by molar-refractivity contribution is 0.403. The molecule has 2 aliphatic carbocycles. The Labute approximate surface area is 139 Å². The van der Waals surface area contributed by atoms with Crippen LogP contribution in [0.3, 0.4) is 0 Å². The van der Waals surface area contributed by atoms with Crippen LogP contribution in [0.1, 0.15) is 37.2 Å². The van der Waals surface area contributed by atoms with Gasteiger partial charge in [0.25, 0.3) is 0 Å². The van der Waals surface area contributed by atoms with Crippen LogP contribution in [0.2, 0.25) is 5.82 Å². The van der Waals surface area contributed by atoms with Crippen molar-refractivity contribution in [3.63, 3.8) is 0 Å². The van der Waals surface area contributed by atoms with Gasteiger partial charge in [0.2, 0.25) is 0 Å². The van der Waals surface area contributed by atoms with Gasteiger partial charge in [0.1, 0.15) is 0 Å². The fraction of sp³-hybridized carbons (Fsp3) is 0.375. The Morgan fingerprint density at radius 3 is 1.64 bits per heavy atom. The summed E-state index contributed by atoms with van der Waals surface area (Å²) >= 11 is 3.27.